The summed E-state index contributed by atoms with van der Waals surface area (Å²) in [7, 11) is 0. The first-order valence-electron chi connectivity index (χ1n) is 11.6. The molecule has 11 nitrogen and oxygen atoms in total. The first-order valence-corrected chi connectivity index (χ1v) is 12.4. The number of nitrogens with one attached hydrogen (secondary N) is 2. The van der Waals surface area contributed by atoms with Gasteiger partial charge in [-0.1, -0.05) is 35.6 Å². The van der Waals surface area contributed by atoms with Crippen LogP contribution in [0.5, 0.6) is 5.75 Å². The molecule has 3 aromatic heterocycles. The third-order valence-corrected chi connectivity index (χ3v) is 6.45. The van der Waals surface area contributed by atoms with Crippen LogP contribution in [0.1, 0.15) is 0 Å². The van der Waals surface area contributed by atoms with E-state index < -0.39 is 0 Å². The second-order valence-electron chi connectivity index (χ2n) is 8.14. The molecule has 1 fully saturated rings. The number of phenolic OH excluding ortho intramolecular Hbond substituents is 1. The standard InChI is InChI=1S/C25H22N8O3S/c34-18-8-4-7-17(13-18)27-24-28-20(14-21(30-24)33-9-11-35-12-10-33)29-25-26-15-19(37-25)23-32-31-22(36-23)16-5-2-1-3-6-16/h1-8,13-15,34H,9-12H2,(H2,26,27,28,29,30). The number of phenols is 1. The van der Waals surface area contributed by atoms with Gasteiger partial charge in [0.1, 0.15) is 22.3 Å². The number of hydrogen-bond donors (Lipinski definition) is 3. The maximum absolute atomic E-state index is 9.82. The molecule has 37 heavy (non-hydrogen) atoms. The lowest BCUT2D eigenvalue weighted by Crippen LogP contribution is -2.36. The Morgan fingerprint density at radius 2 is 1.73 bits per heavy atom. The Labute approximate surface area is 215 Å². The number of thiazole rings is 1. The lowest BCUT2D eigenvalue weighted by Gasteiger charge is -2.28. The predicted octanol–water partition coefficient (Wildman–Crippen LogP) is 4.68. The molecular formula is C25H22N8O3S. The second kappa shape index (κ2) is 10.2. The number of hydrogen-bond acceptors (Lipinski definition) is 12. The minimum absolute atomic E-state index is 0.152. The Kier molecular flexibility index (Phi) is 6.31. The third-order valence-electron chi connectivity index (χ3n) is 5.55. The van der Waals surface area contributed by atoms with Crippen molar-refractivity contribution >= 4 is 39.7 Å². The Morgan fingerprint density at radius 3 is 2.57 bits per heavy atom. The van der Waals surface area contributed by atoms with Crippen LogP contribution in [0.15, 0.2) is 71.3 Å². The van der Waals surface area contributed by atoms with Crippen LogP contribution in [0.3, 0.4) is 0 Å². The summed E-state index contributed by atoms with van der Waals surface area (Å²) in [6.45, 7) is 2.72. The van der Waals surface area contributed by atoms with E-state index in [0.29, 0.717) is 47.6 Å². The maximum Gasteiger partial charge on any atom is 0.259 e. The molecule has 6 rings (SSSR count). The molecule has 1 aliphatic heterocycles. The molecule has 1 saturated heterocycles. The van der Waals surface area contributed by atoms with E-state index in [1.54, 1.807) is 24.4 Å². The normalized spacial score (nSPS) is 13.5. The summed E-state index contributed by atoms with van der Waals surface area (Å²) < 4.78 is 11.3. The number of ether oxygens (including phenoxy) is 1. The summed E-state index contributed by atoms with van der Waals surface area (Å²) in [6.07, 6.45) is 1.69. The summed E-state index contributed by atoms with van der Waals surface area (Å²) >= 11 is 1.38. The number of benzene rings is 2. The smallest absolute Gasteiger partial charge is 0.259 e. The van der Waals surface area contributed by atoms with Crippen molar-refractivity contribution in [3.63, 3.8) is 0 Å². The SMILES string of the molecule is Oc1cccc(Nc2nc(Nc3ncc(-c4nnc(-c5ccccc5)o4)s3)cc(N3CCOCC3)n2)c1. The van der Waals surface area contributed by atoms with Gasteiger partial charge in [-0.15, -0.1) is 10.2 Å². The first kappa shape index (κ1) is 22.9. The summed E-state index contributed by atoms with van der Waals surface area (Å²) in [6, 6.07) is 18.3. The zero-order valence-corrected chi connectivity index (χ0v) is 20.4. The summed E-state index contributed by atoms with van der Waals surface area (Å²) in [5, 5.41) is 25.2. The highest BCUT2D eigenvalue weighted by molar-refractivity contribution is 7.18. The Balaban J connectivity index is 1.25. The van der Waals surface area contributed by atoms with E-state index in [0.717, 1.165) is 29.3 Å². The molecule has 0 radical (unpaired) electrons. The van der Waals surface area contributed by atoms with Gasteiger partial charge in [-0.2, -0.15) is 9.97 Å². The van der Waals surface area contributed by atoms with Gasteiger partial charge in [0, 0.05) is 36.5 Å². The number of aromatic hydroxyl groups is 1. The molecule has 5 aromatic rings. The average Bonchev–Trinajstić information content (AvgIpc) is 3.60. The average molecular weight is 515 g/mol. The summed E-state index contributed by atoms with van der Waals surface area (Å²) in [5.74, 6) is 2.71. The number of nitrogens with zero attached hydrogens (tertiary/aromatic N) is 6. The fraction of sp³-hybridized carbons (Fsp3) is 0.160. The minimum Gasteiger partial charge on any atom is -0.508 e. The molecule has 0 atom stereocenters. The molecule has 3 N–H and O–H groups in total. The fourth-order valence-electron chi connectivity index (χ4n) is 3.78. The van der Waals surface area contributed by atoms with Gasteiger partial charge in [0.05, 0.1) is 19.4 Å². The lowest BCUT2D eigenvalue weighted by molar-refractivity contribution is 0.122. The van der Waals surface area contributed by atoms with Crippen molar-refractivity contribution in [3.8, 4) is 28.0 Å². The molecule has 4 heterocycles. The van der Waals surface area contributed by atoms with Crippen molar-refractivity contribution in [2.45, 2.75) is 0 Å². The molecule has 0 saturated carbocycles. The molecule has 1 aliphatic rings. The van der Waals surface area contributed by atoms with Crippen LogP contribution in [0.4, 0.5) is 28.4 Å². The van der Waals surface area contributed by atoms with E-state index in [1.807, 2.05) is 42.5 Å². The zero-order valence-electron chi connectivity index (χ0n) is 19.5. The van der Waals surface area contributed by atoms with Gasteiger partial charge in [0.25, 0.3) is 5.89 Å². The van der Waals surface area contributed by atoms with Gasteiger partial charge in [0.2, 0.25) is 11.8 Å². The largest absolute Gasteiger partial charge is 0.508 e. The molecular weight excluding hydrogens is 492 g/mol. The van der Waals surface area contributed by atoms with Crippen molar-refractivity contribution in [3.05, 3.63) is 66.9 Å². The number of anilines is 5. The fourth-order valence-corrected chi connectivity index (χ4v) is 4.53. The van der Waals surface area contributed by atoms with Crippen LogP contribution < -0.4 is 15.5 Å². The van der Waals surface area contributed by atoms with E-state index in [-0.39, 0.29) is 5.75 Å². The molecule has 0 unspecified atom stereocenters. The molecule has 0 bridgehead atoms. The monoisotopic (exact) mass is 514 g/mol. The molecule has 12 heteroatoms. The quantitative estimate of drug-likeness (QED) is 0.279. The second-order valence-corrected chi connectivity index (χ2v) is 9.17. The highest BCUT2D eigenvalue weighted by Crippen LogP contribution is 2.32. The highest BCUT2D eigenvalue weighted by Gasteiger charge is 2.17. The maximum atomic E-state index is 9.82. The van der Waals surface area contributed by atoms with Gasteiger partial charge in [0.15, 0.2) is 5.13 Å². The van der Waals surface area contributed by atoms with Crippen LogP contribution in [-0.4, -0.2) is 56.6 Å². The number of morpholine rings is 1. The van der Waals surface area contributed by atoms with Crippen LogP contribution in [0, 0.1) is 0 Å². The predicted molar refractivity (Wildman–Crippen MR) is 141 cm³/mol. The van der Waals surface area contributed by atoms with Crippen LogP contribution in [0.2, 0.25) is 0 Å². The minimum atomic E-state index is 0.152. The third kappa shape index (κ3) is 5.34. The molecule has 0 spiro atoms. The van der Waals surface area contributed by atoms with Crippen molar-refractivity contribution in [1.29, 1.82) is 0 Å². The first-order chi connectivity index (χ1) is 18.2. The van der Waals surface area contributed by atoms with Crippen LogP contribution in [-0.2, 0) is 4.74 Å². The van der Waals surface area contributed by atoms with Gasteiger partial charge >= 0.3 is 0 Å². The highest BCUT2D eigenvalue weighted by atomic mass is 32.1. The van der Waals surface area contributed by atoms with Gasteiger partial charge in [-0.25, -0.2) is 4.98 Å². The molecule has 0 aliphatic carbocycles. The van der Waals surface area contributed by atoms with Crippen LogP contribution in [0.25, 0.3) is 22.2 Å². The van der Waals surface area contributed by atoms with E-state index in [9.17, 15) is 5.11 Å². The van der Waals surface area contributed by atoms with E-state index >= 15 is 0 Å². The van der Waals surface area contributed by atoms with Crippen molar-refractivity contribution in [2.24, 2.45) is 0 Å². The van der Waals surface area contributed by atoms with Crippen LogP contribution >= 0.6 is 11.3 Å². The Morgan fingerprint density at radius 1 is 0.892 bits per heavy atom. The molecule has 2 aromatic carbocycles. The Hall–Kier alpha value is -4.55. The van der Waals surface area contributed by atoms with E-state index in [2.05, 4.69) is 40.7 Å². The zero-order chi connectivity index (χ0) is 25.0. The van der Waals surface area contributed by atoms with Crippen molar-refractivity contribution in [2.75, 3.05) is 41.8 Å². The molecule has 186 valence electrons. The Bertz CT molecular complexity index is 1500. The molecule has 0 amide bonds. The van der Waals surface area contributed by atoms with Crippen molar-refractivity contribution in [1.82, 2.24) is 25.1 Å². The lowest BCUT2D eigenvalue weighted by atomic mass is 10.2. The van der Waals surface area contributed by atoms with E-state index in [4.69, 9.17) is 9.15 Å². The number of aromatic nitrogens is 5. The number of rotatable bonds is 7. The summed E-state index contributed by atoms with van der Waals surface area (Å²) in [5.41, 5.74) is 1.53. The topological polar surface area (TPSA) is 134 Å². The van der Waals surface area contributed by atoms with Crippen molar-refractivity contribution < 1.29 is 14.3 Å². The van der Waals surface area contributed by atoms with Gasteiger partial charge in [-0.3, -0.25) is 0 Å². The van der Waals surface area contributed by atoms with E-state index in [1.165, 1.54) is 11.3 Å². The van der Waals surface area contributed by atoms with Gasteiger partial charge < -0.3 is 29.8 Å². The summed E-state index contributed by atoms with van der Waals surface area (Å²) in [4.78, 5) is 16.6. The van der Waals surface area contributed by atoms with Gasteiger partial charge in [-0.05, 0) is 24.3 Å².